The minimum absolute atomic E-state index is 0.334. The number of hydrogen-bond acceptors (Lipinski definition) is 5. The fourth-order valence-electron chi connectivity index (χ4n) is 1.17. The molecule has 0 spiro atoms. The predicted octanol–water partition coefficient (Wildman–Crippen LogP) is 1.07. The van der Waals surface area contributed by atoms with Crippen LogP contribution in [-0.2, 0) is 4.74 Å². The number of carbonyl (C=O) groups is 1. The number of rotatable bonds is 3. The topological polar surface area (TPSA) is 70.8 Å². The summed E-state index contributed by atoms with van der Waals surface area (Å²) in [5.74, 6) is 0.302. The second-order valence-corrected chi connectivity index (χ2v) is 2.79. The van der Waals surface area contributed by atoms with E-state index in [0.29, 0.717) is 22.7 Å². The first kappa shape index (κ1) is 11.2. The van der Waals surface area contributed by atoms with Crippen LogP contribution in [0.2, 0.25) is 0 Å². The van der Waals surface area contributed by atoms with E-state index in [0.717, 1.165) is 0 Å². The Morgan fingerprint density at radius 3 is 1.93 bits per heavy atom. The van der Waals surface area contributed by atoms with Gasteiger partial charge in [0.05, 0.1) is 26.9 Å². The van der Waals surface area contributed by atoms with Gasteiger partial charge < -0.3 is 19.9 Å². The first-order valence-electron chi connectivity index (χ1n) is 4.23. The summed E-state index contributed by atoms with van der Waals surface area (Å²) in [4.78, 5) is 11.3. The number of nitrogen functional groups attached to an aromatic ring is 1. The minimum Gasteiger partial charge on any atom is -0.494 e. The highest BCUT2D eigenvalue weighted by Crippen LogP contribution is 2.33. The maximum absolute atomic E-state index is 11.3. The summed E-state index contributed by atoms with van der Waals surface area (Å²) in [6.07, 6.45) is 0. The predicted molar refractivity (Wildman–Crippen MR) is 55.3 cm³/mol. The van der Waals surface area contributed by atoms with Crippen molar-refractivity contribution >= 4 is 11.7 Å². The molecule has 0 aromatic heterocycles. The van der Waals surface area contributed by atoms with Crippen LogP contribution in [0, 0.1) is 0 Å². The molecule has 0 atom stereocenters. The molecule has 1 rings (SSSR count). The molecular weight excluding hydrogens is 198 g/mol. The van der Waals surface area contributed by atoms with E-state index in [-0.39, 0.29) is 0 Å². The van der Waals surface area contributed by atoms with Gasteiger partial charge in [0.15, 0.2) is 0 Å². The van der Waals surface area contributed by atoms with Crippen LogP contribution in [0.5, 0.6) is 11.5 Å². The highest BCUT2D eigenvalue weighted by Gasteiger charge is 2.14. The molecule has 0 heterocycles. The van der Waals surface area contributed by atoms with Gasteiger partial charge in [-0.3, -0.25) is 0 Å². The van der Waals surface area contributed by atoms with Gasteiger partial charge >= 0.3 is 5.97 Å². The molecule has 1 aromatic carbocycles. The number of carbonyl (C=O) groups excluding carboxylic acids is 1. The lowest BCUT2D eigenvalue weighted by molar-refractivity contribution is 0.0600. The smallest absolute Gasteiger partial charge is 0.338 e. The fourth-order valence-corrected chi connectivity index (χ4v) is 1.17. The van der Waals surface area contributed by atoms with Gasteiger partial charge in [-0.1, -0.05) is 0 Å². The van der Waals surface area contributed by atoms with Crippen LogP contribution >= 0.6 is 0 Å². The molecule has 0 aliphatic heterocycles. The molecule has 0 fully saturated rings. The molecule has 82 valence electrons. The fraction of sp³-hybridized carbons (Fsp3) is 0.300. The Balaban J connectivity index is 3.26. The van der Waals surface area contributed by atoms with Crippen LogP contribution in [0.4, 0.5) is 5.69 Å². The largest absolute Gasteiger partial charge is 0.494 e. The molecule has 5 heteroatoms. The SMILES string of the molecule is COC(=O)c1cc(OC)c(N)c(OC)c1. The van der Waals surface area contributed by atoms with Crippen molar-refractivity contribution < 1.29 is 19.0 Å². The number of methoxy groups -OCH3 is 3. The van der Waals surface area contributed by atoms with E-state index in [1.165, 1.54) is 33.5 Å². The molecule has 0 amide bonds. The number of hydrogen-bond donors (Lipinski definition) is 1. The summed E-state index contributed by atoms with van der Waals surface area (Å²) in [5, 5.41) is 0. The lowest BCUT2D eigenvalue weighted by Crippen LogP contribution is -2.04. The molecule has 0 unspecified atom stereocenters. The van der Waals surface area contributed by atoms with Gasteiger partial charge in [0, 0.05) is 0 Å². The Labute approximate surface area is 87.7 Å². The van der Waals surface area contributed by atoms with Gasteiger partial charge in [-0.25, -0.2) is 4.79 Å². The van der Waals surface area contributed by atoms with Crippen molar-refractivity contribution in [3.8, 4) is 11.5 Å². The van der Waals surface area contributed by atoms with Crippen molar-refractivity contribution in [1.82, 2.24) is 0 Å². The van der Waals surface area contributed by atoms with E-state index >= 15 is 0 Å². The Bertz CT molecular complexity index is 351. The lowest BCUT2D eigenvalue weighted by Gasteiger charge is -2.10. The highest BCUT2D eigenvalue weighted by molar-refractivity contribution is 5.91. The molecule has 0 saturated carbocycles. The van der Waals surface area contributed by atoms with Crippen molar-refractivity contribution in [2.24, 2.45) is 0 Å². The van der Waals surface area contributed by atoms with Crippen LogP contribution in [0.1, 0.15) is 10.4 Å². The Hall–Kier alpha value is -1.91. The van der Waals surface area contributed by atoms with E-state index in [1.54, 1.807) is 0 Å². The van der Waals surface area contributed by atoms with Crippen LogP contribution in [0.15, 0.2) is 12.1 Å². The number of benzene rings is 1. The number of esters is 1. The second-order valence-electron chi connectivity index (χ2n) is 2.79. The van der Waals surface area contributed by atoms with E-state index < -0.39 is 5.97 Å². The van der Waals surface area contributed by atoms with Crippen molar-refractivity contribution in [1.29, 1.82) is 0 Å². The zero-order valence-corrected chi connectivity index (χ0v) is 8.87. The van der Waals surface area contributed by atoms with Crippen molar-refractivity contribution in [3.63, 3.8) is 0 Å². The molecule has 15 heavy (non-hydrogen) atoms. The molecule has 0 radical (unpaired) electrons. The van der Waals surface area contributed by atoms with Gasteiger partial charge in [-0.2, -0.15) is 0 Å². The van der Waals surface area contributed by atoms with Crippen LogP contribution < -0.4 is 15.2 Å². The van der Waals surface area contributed by atoms with E-state index in [2.05, 4.69) is 4.74 Å². The van der Waals surface area contributed by atoms with Gasteiger partial charge in [-0.15, -0.1) is 0 Å². The summed E-state index contributed by atoms with van der Waals surface area (Å²) in [5.41, 5.74) is 6.40. The molecule has 5 nitrogen and oxygen atoms in total. The standard InChI is InChI=1S/C10H13NO4/c1-13-7-4-6(10(12)15-3)5-8(14-2)9(7)11/h4-5H,11H2,1-3H3. The number of ether oxygens (including phenoxy) is 3. The molecule has 0 bridgehead atoms. The van der Waals surface area contributed by atoms with E-state index in [4.69, 9.17) is 15.2 Å². The van der Waals surface area contributed by atoms with Crippen molar-refractivity contribution in [2.75, 3.05) is 27.1 Å². The Morgan fingerprint density at radius 2 is 1.60 bits per heavy atom. The van der Waals surface area contributed by atoms with Crippen LogP contribution in [0.3, 0.4) is 0 Å². The van der Waals surface area contributed by atoms with Gasteiger partial charge in [0.2, 0.25) is 0 Å². The van der Waals surface area contributed by atoms with Crippen LogP contribution in [-0.4, -0.2) is 27.3 Å². The number of anilines is 1. The zero-order valence-electron chi connectivity index (χ0n) is 8.87. The van der Waals surface area contributed by atoms with Gasteiger partial charge in [-0.05, 0) is 12.1 Å². The summed E-state index contributed by atoms with van der Waals surface area (Å²) < 4.78 is 14.6. The minimum atomic E-state index is -0.466. The Morgan fingerprint density at radius 1 is 1.13 bits per heavy atom. The zero-order chi connectivity index (χ0) is 11.4. The van der Waals surface area contributed by atoms with E-state index in [1.807, 2.05) is 0 Å². The molecule has 0 aliphatic rings. The van der Waals surface area contributed by atoms with Crippen LogP contribution in [0.25, 0.3) is 0 Å². The Kier molecular flexibility index (Phi) is 3.38. The molecular formula is C10H13NO4. The molecule has 0 aliphatic carbocycles. The third-order valence-electron chi connectivity index (χ3n) is 1.97. The maximum atomic E-state index is 11.3. The third kappa shape index (κ3) is 2.12. The summed E-state index contributed by atoms with van der Waals surface area (Å²) >= 11 is 0. The van der Waals surface area contributed by atoms with Gasteiger partial charge in [0.25, 0.3) is 0 Å². The molecule has 2 N–H and O–H groups in total. The highest BCUT2D eigenvalue weighted by atomic mass is 16.5. The summed E-state index contributed by atoms with van der Waals surface area (Å²) in [6.45, 7) is 0. The average Bonchev–Trinajstić information content (AvgIpc) is 2.28. The second kappa shape index (κ2) is 4.54. The third-order valence-corrected chi connectivity index (χ3v) is 1.97. The number of nitrogens with two attached hydrogens (primary N) is 1. The summed E-state index contributed by atoms with van der Waals surface area (Å²) in [6, 6.07) is 3.01. The quantitative estimate of drug-likeness (QED) is 0.598. The van der Waals surface area contributed by atoms with Crippen molar-refractivity contribution in [3.05, 3.63) is 17.7 Å². The first-order valence-corrected chi connectivity index (χ1v) is 4.23. The monoisotopic (exact) mass is 211 g/mol. The maximum Gasteiger partial charge on any atom is 0.338 e. The molecule has 1 aromatic rings. The van der Waals surface area contributed by atoms with Gasteiger partial charge in [0.1, 0.15) is 17.2 Å². The molecule has 0 saturated heterocycles. The normalized spacial score (nSPS) is 9.53. The summed E-state index contributed by atoms with van der Waals surface area (Å²) in [7, 11) is 4.23. The first-order chi connectivity index (χ1) is 7.13. The van der Waals surface area contributed by atoms with E-state index in [9.17, 15) is 4.79 Å². The average molecular weight is 211 g/mol. The lowest BCUT2D eigenvalue weighted by atomic mass is 10.1. The van der Waals surface area contributed by atoms with Crippen molar-refractivity contribution in [2.45, 2.75) is 0 Å².